The molecule has 39 heavy (non-hydrogen) atoms. The molecule has 3 aromatic heterocycles. The third-order valence-corrected chi connectivity index (χ3v) is 9.60. The molecule has 7 nitrogen and oxygen atoms in total. The quantitative estimate of drug-likeness (QED) is 0.324. The standard InChI is InChI=1S/C27H36F3N7S2/c1-4-7-35-8-10-36(11-9-35)24-15-31-21(13-32-24)14-33-26-34-25(22-12-20(17-38-22)27(28,29)30)23(39-26)16-37-18(2)5-6-19(37)3/h12-13,15,17-19H,4-11,14,16H2,1-3H3,(H,33,34)/t18-,19-/m1/s1. The largest absolute Gasteiger partial charge is 0.417 e. The second kappa shape index (κ2) is 12.1. The van der Waals surface area contributed by atoms with Gasteiger partial charge in [-0.25, -0.2) is 9.97 Å². The van der Waals surface area contributed by atoms with Crippen LogP contribution in [0.25, 0.3) is 10.6 Å². The first-order chi connectivity index (χ1) is 18.7. The number of thiophene rings is 1. The van der Waals surface area contributed by atoms with Crippen LogP contribution in [0.4, 0.5) is 24.1 Å². The summed E-state index contributed by atoms with van der Waals surface area (Å²) in [4.78, 5) is 22.7. The number of halogens is 3. The second-order valence-corrected chi connectivity index (χ2v) is 12.5. The molecule has 2 aliphatic heterocycles. The lowest BCUT2D eigenvalue weighted by Crippen LogP contribution is -2.46. The predicted octanol–water partition coefficient (Wildman–Crippen LogP) is 6.20. The summed E-state index contributed by atoms with van der Waals surface area (Å²) in [5.74, 6) is 0.890. The molecule has 2 fully saturated rings. The van der Waals surface area contributed by atoms with E-state index in [1.165, 1.54) is 29.2 Å². The van der Waals surface area contributed by atoms with Gasteiger partial charge in [-0.3, -0.25) is 14.8 Å². The summed E-state index contributed by atoms with van der Waals surface area (Å²) in [7, 11) is 0. The van der Waals surface area contributed by atoms with E-state index in [4.69, 9.17) is 4.98 Å². The maximum absolute atomic E-state index is 13.3. The normalized spacial score (nSPS) is 21.1. The zero-order valence-electron chi connectivity index (χ0n) is 22.7. The Labute approximate surface area is 236 Å². The molecule has 5 rings (SSSR count). The Morgan fingerprint density at radius 2 is 1.79 bits per heavy atom. The molecule has 212 valence electrons. The molecular formula is C27H36F3N7S2. The van der Waals surface area contributed by atoms with E-state index in [1.54, 1.807) is 6.20 Å². The molecule has 3 aromatic rings. The Kier molecular flexibility index (Phi) is 8.75. The fourth-order valence-corrected chi connectivity index (χ4v) is 7.32. The Morgan fingerprint density at radius 1 is 1.05 bits per heavy atom. The fraction of sp³-hybridized carbons (Fsp3) is 0.593. The lowest BCUT2D eigenvalue weighted by atomic mass is 10.2. The minimum absolute atomic E-state index is 0.434. The van der Waals surface area contributed by atoms with Crippen LogP contribution in [0, 0.1) is 0 Å². The fourth-order valence-electron chi connectivity index (χ4n) is 5.35. The first-order valence-electron chi connectivity index (χ1n) is 13.6. The van der Waals surface area contributed by atoms with E-state index in [1.807, 2.05) is 6.20 Å². The SMILES string of the molecule is CCCN1CCN(c2cnc(CNc3nc(-c4cc(C(F)(F)F)cs4)c(CN4[C@H](C)CC[C@H]4C)s3)cn2)CC1. The number of likely N-dealkylation sites (tertiary alicyclic amines) is 1. The Morgan fingerprint density at radius 3 is 2.41 bits per heavy atom. The molecular weight excluding hydrogens is 543 g/mol. The minimum atomic E-state index is -4.36. The van der Waals surface area contributed by atoms with Crippen LogP contribution in [0.3, 0.4) is 0 Å². The molecule has 12 heteroatoms. The number of piperazine rings is 1. The number of thiazole rings is 1. The Bertz CT molecular complexity index is 1210. The number of aromatic nitrogens is 3. The van der Waals surface area contributed by atoms with E-state index in [-0.39, 0.29) is 0 Å². The van der Waals surface area contributed by atoms with E-state index in [0.717, 1.165) is 73.3 Å². The van der Waals surface area contributed by atoms with Crippen molar-refractivity contribution in [2.45, 2.75) is 71.4 Å². The van der Waals surface area contributed by atoms with E-state index in [2.05, 4.69) is 50.8 Å². The van der Waals surface area contributed by atoms with Gasteiger partial charge >= 0.3 is 6.18 Å². The van der Waals surface area contributed by atoms with E-state index >= 15 is 0 Å². The second-order valence-electron chi connectivity index (χ2n) is 10.5. The average Bonchev–Trinajstić information content (AvgIpc) is 3.64. The smallest absolute Gasteiger partial charge is 0.356 e. The van der Waals surface area contributed by atoms with Crippen molar-refractivity contribution in [3.05, 3.63) is 40.0 Å². The van der Waals surface area contributed by atoms with Gasteiger partial charge in [-0.15, -0.1) is 22.7 Å². The van der Waals surface area contributed by atoms with Crippen molar-refractivity contribution in [2.24, 2.45) is 0 Å². The summed E-state index contributed by atoms with van der Waals surface area (Å²) < 4.78 is 39.9. The molecule has 0 aliphatic carbocycles. The minimum Gasteiger partial charge on any atom is -0.356 e. The van der Waals surface area contributed by atoms with Crippen LogP contribution in [0.2, 0.25) is 0 Å². The third kappa shape index (κ3) is 6.72. The first-order valence-corrected chi connectivity index (χ1v) is 15.3. The molecule has 0 bridgehead atoms. The van der Waals surface area contributed by atoms with Gasteiger partial charge in [0.05, 0.1) is 40.8 Å². The topological polar surface area (TPSA) is 60.4 Å². The van der Waals surface area contributed by atoms with Crippen molar-refractivity contribution >= 4 is 33.6 Å². The molecule has 0 aromatic carbocycles. The summed E-state index contributed by atoms with van der Waals surface area (Å²) in [6.07, 6.45) is 2.67. The van der Waals surface area contributed by atoms with Crippen LogP contribution in [0.5, 0.6) is 0 Å². The number of nitrogens with one attached hydrogen (secondary N) is 1. The molecule has 2 aliphatic rings. The highest BCUT2D eigenvalue weighted by Crippen LogP contribution is 2.41. The molecule has 1 N–H and O–H groups in total. The number of alkyl halides is 3. The van der Waals surface area contributed by atoms with Crippen LogP contribution >= 0.6 is 22.7 Å². The van der Waals surface area contributed by atoms with Crippen molar-refractivity contribution in [3.63, 3.8) is 0 Å². The number of hydrogen-bond donors (Lipinski definition) is 1. The van der Waals surface area contributed by atoms with Gasteiger partial charge in [0.2, 0.25) is 0 Å². The van der Waals surface area contributed by atoms with Gasteiger partial charge in [-0.05, 0) is 45.7 Å². The molecule has 0 saturated carbocycles. The van der Waals surface area contributed by atoms with Crippen LogP contribution in [0.1, 0.15) is 56.2 Å². The highest BCUT2D eigenvalue weighted by molar-refractivity contribution is 7.17. The van der Waals surface area contributed by atoms with Crippen molar-refractivity contribution in [1.82, 2.24) is 24.8 Å². The van der Waals surface area contributed by atoms with Crippen LogP contribution in [-0.4, -0.2) is 69.6 Å². The van der Waals surface area contributed by atoms with E-state index < -0.39 is 11.7 Å². The first kappa shape index (κ1) is 28.3. The lowest BCUT2D eigenvalue weighted by Gasteiger charge is -2.35. The van der Waals surface area contributed by atoms with Gasteiger partial charge in [-0.2, -0.15) is 13.2 Å². The van der Waals surface area contributed by atoms with Crippen molar-refractivity contribution in [3.8, 4) is 10.6 Å². The zero-order chi connectivity index (χ0) is 27.6. The van der Waals surface area contributed by atoms with Gasteiger partial charge < -0.3 is 10.2 Å². The summed E-state index contributed by atoms with van der Waals surface area (Å²) in [6.45, 7) is 12.9. The molecule has 5 heterocycles. The van der Waals surface area contributed by atoms with Gasteiger partial charge in [0.1, 0.15) is 5.82 Å². The molecule has 0 spiro atoms. The summed E-state index contributed by atoms with van der Waals surface area (Å²) >= 11 is 2.61. The predicted molar refractivity (Wildman–Crippen MR) is 152 cm³/mol. The monoisotopic (exact) mass is 579 g/mol. The molecule has 0 radical (unpaired) electrons. The summed E-state index contributed by atoms with van der Waals surface area (Å²) in [5.41, 5.74) is 0.804. The third-order valence-electron chi connectivity index (χ3n) is 7.67. The zero-order valence-corrected chi connectivity index (χ0v) is 24.3. The average molecular weight is 580 g/mol. The van der Waals surface area contributed by atoms with Crippen LogP contribution in [-0.2, 0) is 19.3 Å². The summed E-state index contributed by atoms with van der Waals surface area (Å²) in [5, 5.41) is 5.20. The number of hydrogen-bond acceptors (Lipinski definition) is 9. The van der Waals surface area contributed by atoms with Crippen molar-refractivity contribution < 1.29 is 13.2 Å². The van der Waals surface area contributed by atoms with Gasteiger partial charge in [0, 0.05) is 55.1 Å². The van der Waals surface area contributed by atoms with Gasteiger partial charge in [0.25, 0.3) is 0 Å². The number of rotatable bonds is 9. The van der Waals surface area contributed by atoms with Crippen molar-refractivity contribution in [2.75, 3.05) is 42.9 Å². The van der Waals surface area contributed by atoms with E-state index in [9.17, 15) is 13.2 Å². The Balaban J connectivity index is 1.28. The number of anilines is 2. The van der Waals surface area contributed by atoms with Gasteiger partial charge in [-0.1, -0.05) is 6.92 Å². The Hall–Kier alpha value is -2.28. The van der Waals surface area contributed by atoms with Crippen LogP contribution in [0.15, 0.2) is 23.8 Å². The highest BCUT2D eigenvalue weighted by Gasteiger charge is 2.33. The van der Waals surface area contributed by atoms with Crippen LogP contribution < -0.4 is 10.2 Å². The molecule has 0 amide bonds. The number of nitrogens with zero attached hydrogens (tertiary/aromatic N) is 6. The van der Waals surface area contributed by atoms with Crippen molar-refractivity contribution in [1.29, 1.82) is 0 Å². The molecule has 0 unspecified atom stereocenters. The summed E-state index contributed by atoms with van der Waals surface area (Å²) in [6, 6.07) is 2.09. The van der Waals surface area contributed by atoms with Gasteiger partial charge in [0.15, 0.2) is 5.13 Å². The van der Waals surface area contributed by atoms with E-state index in [0.29, 0.717) is 40.9 Å². The highest BCUT2D eigenvalue weighted by atomic mass is 32.1. The maximum atomic E-state index is 13.3. The molecule has 2 saturated heterocycles. The lowest BCUT2D eigenvalue weighted by molar-refractivity contribution is -0.137. The molecule has 2 atom stereocenters. The maximum Gasteiger partial charge on any atom is 0.417 e.